The number of ether oxygens (including phenoxy) is 1. The standard InChI is InChI=1S/C31H28N6O5S/c1-20-13-15-23(16-14-20)37-28(22-11-7-4-8-12-22)33-34-30(37)43-19-24(38)26-27(32)35(17-21-9-5-3-6-10-21)31(41)36(29(26)40)18-25(39)42-2/h3-16H,17-19,32H2,1-2H3. The number of hydrogen-bond acceptors (Lipinski definition) is 9. The van der Waals surface area contributed by atoms with Crippen molar-refractivity contribution < 1.29 is 14.3 Å². The molecule has 12 heteroatoms. The molecule has 0 unspecified atom stereocenters. The largest absolute Gasteiger partial charge is 0.468 e. The highest BCUT2D eigenvalue weighted by atomic mass is 32.2. The zero-order valence-electron chi connectivity index (χ0n) is 23.5. The topological polar surface area (TPSA) is 144 Å². The fourth-order valence-electron chi connectivity index (χ4n) is 4.50. The molecular formula is C31H28N6O5S. The molecule has 0 radical (unpaired) electrons. The van der Waals surface area contributed by atoms with Crippen LogP contribution in [0.15, 0.2) is 99.7 Å². The van der Waals surface area contributed by atoms with Gasteiger partial charge in [0.05, 0.1) is 19.4 Å². The van der Waals surface area contributed by atoms with Crippen molar-refractivity contribution in [3.63, 3.8) is 0 Å². The Morgan fingerprint density at radius 3 is 2.19 bits per heavy atom. The third kappa shape index (κ3) is 6.19. The molecule has 43 heavy (non-hydrogen) atoms. The average molecular weight is 597 g/mol. The second-order valence-electron chi connectivity index (χ2n) is 9.64. The number of anilines is 1. The number of nitrogen functional groups attached to an aromatic ring is 1. The van der Waals surface area contributed by atoms with Crippen molar-refractivity contribution in [2.24, 2.45) is 0 Å². The van der Waals surface area contributed by atoms with Gasteiger partial charge in [0.2, 0.25) is 0 Å². The van der Waals surface area contributed by atoms with E-state index in [4.69, 9.17) is 5.73 Å². The highest BCUT2D eigenvalue weighted by Crippen LogP contribution is 2.28. The van der Waals surface area contributed by atoms with Gasteiger partial charge in [-0.05, 0) is 24.6 Å². The van der Waals surface area contributed by atoms with Crippen LogP contribution in [-0.4, -0.2) is 48.5 Å². The molecule has 0 saturated heterocycles. The molecular weight excluding hydrogens is 568 g/mol. The van der Waals surface area contributed by atoms with Gasteiger partial charge in [0.15, 0.2) is 16.8 Å². The molecule has 0 saturated carbocycles. The third-order valence-corrected chi connectivity index (χ3v) is 7.66. The highest BCUT2D eigenvalue weighted by Gasteiger charge is 2.25. The minimum absolute atomic E-state index is 0.0113. The Hall–Kier alpha value is -5.23. The van der Waals surface area contributed by atoms with Gasteiger partial charge < -0.3 is 10.5 Å². The van der Waals surface area contributed by atoms with Crippen molar-refractivity contribution in [1.82, 2.24) is 23.9 Å². The maximum Gasteiger partial charge on any atom is 0.333 e. The van der Waals surface area contributed by atoms with Gasteiger partial charge in [-0.25, -0.2) is 9.36 Å². The summed E-state index contributed by atoms with van der Waals surface area (Å²) in [6.45, 7) is 1.30. The van der Waals surface area contributed by atoms with E-state index in [0.717, 1.165) is 40.3 Å². The summed E-state index contributed by atoms with van der Waals surface area (Å²) >= 11 is 1.08. The van der Waals surface area contributed by atoms with Gasteiger partial charge in [-0.3, -0.25) is 23.5 Å². The number of hydrogen-bond donors (Lipinski definition) is 1. The zero-order valence-corrected chi connectivity index (χ0v) is 24.3. The number of esters is 1. The number of nitrogens with two attached hydrogens (primary N) is 1. The van der Waals surface area contributed by atoms with Gasteiger partial charge in [-0.1, -0.05) is 90.1 Å². The number of rotatable bonds is 10. The summed E-state index contributed by atoms with van der Waals surface area (Å²) in [5.41, 5.74) is 7.55. The van der Waals surface area contributed by atoms with Crippen LogP contribution in [-0.2, 0) is 22.6 Å². The first kappa shape index (κ1) is 29.3. The Kier molecular flexibility index (Phi) is 8.67. The molecule has 0 spiro atoms. The Labute approximate surface area is 250 Å². The van der Waals surface area contributed by atoms with Crippen molar-refractivity contribution in [3.05, 3.63) is 122 Å². The minimum atomic E-state index is -0.965. The summed E-state index contributed by atoms with van der Waals surface area (Å²) in [6.07, 6.45) is 0. The summed E-state index contributed by atoms with van der Waals surface area (Å²) in [7, 11) is 1.14. The molecule has 0 amide bonds. The quantitative estimate of drug-likeness (QED) is 0.146. The van der Waals surface area contributed by atoms with E-state index in [2.05, 4.69) is 14.9 Å². The molecule has 3 aromatic carbocycles. The number of ketones is 1. The van der Waals surface area contributed by atoms with Crippen LogP contribution in [0.2, 0.25) is 0 Å². The number of aryl methyl sites for hydroxylation is 1. The number of aromatic nitrogens is 5. The predicted octanol–water partition coefficient (Wildman–Crippen LogP) is 3.34. The van der Waals surface area contributed by atoms with Crippen LogP contribution in [0.1, 0.15) is 21.5 Å². The number of thioether (sulfide) groups is 1. The van der Waals surface area contributed by atoms with E-state index in [0.29, 0.717) is 21.1 Å². The first-order valence-corrected chi connectivity index (χ1v) is 14.2. The van der Waals surface area contributed by atoms with Gasteiger partial charge in [0.25, 0.3) is 5.56 Å². The lowest BCUT2D eigenvalue weighted by Gasteiger charge is -2.16. The maximum atomic E-state index is 13.6. The lowest BCUT2D eigenvalue weighted by Crippen LogP contribution is -2.45. The van der Waals surface area contributed by atoms with E-state index in [-0.39, 0.29) is 18.1 Å². The fraction of sp³-hybridized carbons (Fsp3) is 0.161. The molecule has 0 fully saturated rings. The first-order valence-electron chi connectivity index (χ1n) is 13.3. The molecule has 0 aliphatic heterocycles. The van der Waals surface area contributed by atoms with Crippen molar-refractivity contribution in [2.45, 2.75) is 25.2 Å². The number of benzene rings is 3. The lowest BCUT2D eigenvalue weighted by atomic mass is 10.2. The van der Waals surface area contributed by atoms with E-state index < -0.39 is 35.1 Å². The average Bonchev–Trinajstić information content (AvgIpc) is 3.45. The van der Waals surface area contributed by atoms with E-state index in [1.54, 1.807) is 24.3 Å². The summed E-state index contributed by atoms with van der Waals surface area (Å²) in [4.78, 5) is 52.4. The van der Waals surface area contributed by atoms with E-state index >= 15 is 0 Å². The van der Waals surface area contributed by atoms with Gasteiger partial charge in [-0.15, -0.1) is 10.2 Å². The van der Waals surface area contributed by atoms with Crippen molar-refractivity contribution >= 4 is 29.3 Å². The number of carbonyl (C=O) groups excluding carboxylic acids is 2. The van der Waals surface area contributed by atoms with Crippen LogP contribution in [0.3, 0.4) is 0 Å². The van der Waals surface area contributed by atoms with Crippen LogP contribution in [0.5, 0.6) is 0 Å². The highest BCUT2D eigenvalue weighted by molar-refractivity contribution is 7.99. The molecule has 0 aliphatic rings. The lowest BCUT2D eigenvalue weighted by molar-refractivity contribution is -0.141. The monoisotopic (exact) mass is 596 g/mol. The molecule has 11 nitrogen and oxygen atoms in total. The van der Waals surface area contributed by atoms with Gasteiger partial charge in [0, 0.05) is 11.3 Å². The number of methoxy groups -OCH3 is 1. The first-order chi connectivity index (χ1) is 20.8. The second-order valence-corrected chi connectivity index (χ2v) is 10.6. The molecule has 2 aromatic heterocycles. The van der Waals surface area contributed by atoms with Crippen LogP contribution < -0.4 is 17.0 Å². The Bertz CT molecular complexity index is 1900. The number of nitrogens with zero attached hydrogens (tertiary/aromatic N) is 5. The van der Waals surface area contributed by atoms with Crippen LogP contribution in [0, 0.1) is 6.92 Å². The number of Topliss-reactive ketones (excluding diaryl/α,β-unsaturated/α-hetero) is 1. The minimum Gasteiger partial charge on any atom is -0.468 e. The normalized spacial score (nSPS) is 10.9. The Balaban J connectivity index is 1.54. The van der Waals surface area contributed by atoms with Crippen molar-refractivity contribution in [3.8, 4) is 17.1 Å². The van der Waals surface area contributed by atoms with Gasteiger partial charge in [-0.2, -0.15) is 0 Å². The molecule has 5 rings (SSSR count). The van der Waals surface area contributed by atoms with E-state index in [9.17, 15) is 19.2 Å². The van der Waals surface area contributed by atoms with Crippen molar-refractivity contribution in [1.29, 1.82) is 0 Å². The predicted molar refractivity (Wildman–Crippen MR) is 164 cm³/mol. The number of carbonyl (C=O) groups is 2. The summed E-state index contributed by atoms with van der Waals surface area (Å²) in [6, 6.07) is 26.3. The second kappa shape index (κ2) is 12.7. The molecule has 0 bridgehead atoms. The maximum absolute atomic E-state index is 13.6. The van der Waals surface area contributed by atoms with Crippen molar-refractivity contribution in [2.75, 3.05) is 18.6 Å². The van der Waals surface area contributed by atoms with E-state index in [1.165, 1.54) is 0 Å². The summed E-state index contributed by atoms with van der Waals surface area (Å²) < 4.78 is 8.29. The molecule has 2 heterocycles. The fourth-order valence-corrected chi connectivity index (χ4v) is 5.32. The summed E-state index contributed by atoms with van der Waals surface area (Å²) in [5.74, 6) is -1.39. The molecule has 0 atom stereocenters. The van der Waals surface area contributed by atoms with Crippen LogP contribution >= 0.6 is 11.8 Å². The SMILES string of the molecule is COC(=O)Cn1c(=O)c(C(=O)CSc2nnc(-c3ccccc3)n2-c2ccc(C)cc2)c(N)n(Cc2ccccc2)c1=O. The Morgan fingerprint density at radius 2 is 1.53 bits per heavy atom. The third-order valence-electron chi connectivity index (χ3n) is 6.73. The zero-order chi connectivity index (χ0) is 30.5. The van der Waals surface area contributed by atoms with Gasteiger partial charge >= 0.3 is 11.7 Å². The van der Waals surface area contributed by atoms with E-state index in [1.807, 2.05) is 72.2 Å². The molecule has 5 aromatic rings. The molecule has 2 N–H and O–H groups in total. The van der Waals surface area contributed by atoms with Crippen LogP contribution in [0.4, 0.5) is 5.82 Å². The molecule has 0 aliphatic carbocycles. The van der Waals surface area contributed by atoms with Crippen LogP contribution in [0.25, 0.3) is 17.1 Å². The smallest absolute Gasteiger partial charge is 0.333 e. The Morgan fingerprint density at radius 1 is 0.884 bits per heavy atom. The summed E-state index contributed by atoms with van der Waals surface area (Å²) in [5, 5.41) is 9.16. The molecule has 218 valence electrons. The van der Waals surface area contributed by atoms with Gasteiger partial charge in [0.1, 0.15) is 17.9 Å².